The van der Waals surface area contributed by atoms with Gasteiger partial charge in [-0.1, -0.05) is 11.8 Å². The first kappa shape index (κ1) is 15.4. The lowest BCUT2D eigenvalue weighted by Gasteiger charge is -2.07. The second kappa shape index (κ2) is 6.20. The third kappa shape index (κ3) is 3.37. The fourth-order valence-corrected chi connectivity index (χ4v) is 2.84. The average Bonchev–Trinajstić information content (AvgIpc) is 2.65. The van der Waals surface area contributed by atoms with E-state index in [1.807, 2.05) is 0 Å². The molecule has 0 spiro atoms. The molecular formula is C11H8F3IN2O2S. The number of thioether (sulfide) groups is 1. The molecule has 108 valence electrons. The number of aliphatic carboxylic acids is 1. The predicted molar refractivity (Wildman–Crippen MR) is 76.8 cm³/mol. The van der Waals surface area contributed by atoms with Gasteiger partial charge < -0.3 is 9.67 Å². The van der Waals surface area contributed by atoms with Gasteiger partial charge in [0.25, 0.3) is 6.43 Å². The van der Waals surface area contributed by atoms with Crippen molar-refractivity contribution in [3.8, 4) is 0 Å². The van der Waals surface area contributed by atoms with Crippen LogP contribution in [0.2, 0.25) is 0 Å². The Kier molecular flexibility index (Phi) is 4.78. The Morgan fingerprint density at radius 1 is 1.50 bits per heavy atom. The number of rotatable bonds is 5. The summed E-state index contributed by atoms with van der Waals surface area (Å²) in [6, 6.07) is 2.58. The van der Waals surface area contributed by atoms with Crippen LogP contribution >= 0.6 is 34.4 Å². The van der Waals surface area contributed by atoms with Crippen molar-refractivity contribution < 1.29 is 23.1 Å². The number of halogens is 4. The molecule has 0 saturated heterocycles. The number of alkyl halides is 2. The van der Waals surface area contributed by atoms with E-state index in [4.69, 9.17) is 5.11 Å². The van der Waals surface area contributed by atoms with Crippen molar-refractivity contribution in [1.82, 2.24) is 9.55 Å². The maximum Gasteiger partial charge on any atom is 0.313 e. The smallest absolute Gasteiger partial charge is 0.313 e. The zero-order valence-corrected chi connectivity index (χ0v) is 12.8. The van der Waals surface area contributed by atoms with E-state index in [1.54, 1.807) is 22.6 Å². The summed E-state index contributed by atoms with van der Waals surface area (Å²) in [5.41, 5.74) is 0.598. The highest BCUT2D eigenvalue weighted by atomic mass is 127. The van der Waals surface area contributed by atoms with Crippen LogP contribution in [0.25, 0.3) is 11.0 Å². The van der Waals surface area contributed by atoms with Gasteiger partial charge in [-0.25, -0.2) is 18.2 Å². The van der Waals surface area contributed by atoms with E-state index in [1.165, 1.54) is 6.07 Å². The van der Waals surface area contributed by atoms with Gasteiger partial charge in [-0.3, -0.25) is 4.79 Å². The molecule has 1 heterocycles. The summed E-state index contributed by atoms with van der Waals surface area (Å²) in [5, 5.41) is 8.79. The minimum Gasteiger partial charge on any atom is -0.481 e. The highest BCUT2D eigenvalue weighted by Gasteiger charge is 2.17. The lowest BCUT2D eigenvalue weighted by molar-refractivity contribution is -0.133. The van der Waals surface area contributed by atoms with Gasteiger partial charge in [0, 0.05) is 6.07 Å². The molecule has 0 aliphatic heterocycles. The van der Waals surface area contributed by atoms with E-state index >= 15 is 0 Å². The maximum atomic E-state index is 13.6. The Balaban J connectivity index is 2.51. The number of aromatic nitrogens is 2. The number of carboxylic acid groups (broad SMARTS) is 1. The van der Waals surface area contributed by atoms with Gasteiger partial charge in [-0.15, -0.1) is 0 Å². The molecule has 1 aromatic carbocycles. The molecule has 0 saturated carbocycles. The topological polar surface area (TPSA) is 55.1 Å². The third-order valence-corrected chi connectivity index (χ3v) is 4.19. The minimum atomic E-state index is -2.64. The van der Waals surface area contributed by atoms with Crippen LogP contribution in [0.15, 0.2) is 17.3 Å². The van der Waals surface area contributed by atoms with Gasteiger partial charge in [0.05, 0.1) is 26.9 Å². The van der Waals surface area contributed by atoms with Crippen LogP contribution in [-0.4, -0.2) is 32.8 Å². The molecule has 1 N–H and O–H groups in total. The lowest BCUT2D eigenvalue weighted by atomic mass is 10.3. The van der Waals surface area contributed by atoms with E-state index in [0.29, 0.717) is 9.09 Å². The first-order chi connectivity index (χ1) is 9.38. The van der Waals surface area contributed by atoms with Crippen molar-refractivity contribution in [3.05, 3.63) is 21.5 Å². The van der Waals surface area contributed by atoms with Crippen LogP contribution in [0.3, 0.4) is 0 Å². The second-order valence-corrected chi connectivity index (χ2v) is 5.94. The summed E-state index contributed by atoms with van der Waals surface area (Å²) in [6.07, 6.45) is -2.64. The van der Waals surface area contributed by atoms with Gasteiger partial charge in [0.15, 0.2) is 5.16 Å². The molecule has 1 aromatic heterocycles. The van der Waals surface area contributed by atoms with Crippen molar-refractivity contribution in [2.45, 2.75) is 18.1 Å². The Morgan fingerprint density at radius 2 is 2.20 bits per heavy atom. The van der Waals surface area contributed by atoms with Gasteiger partial charge >= 0.3 is 5.97 Å². The number of benzene rings is 1. The van der Waals surface area contributed by atoms with Gasteiger partial charge in [0.1, 0.15) is 5.82 Å². The predicted octanol–water partition coefficient (Wildman–Crippen LogP) is 3.22. The van der Waals surface area contributed by atoms with Crippen LogP contribution in [0, 0.1) is 9.39 Å². The molecule has 0 aliphatic carbocycles. The van der Waals surface area contributed by atoms with E-state index in [0.717, 1.165) is 22.4 Å². The van der Waals surface area contributed by atoms with Crippen LogP contribution < -0.4 is 0 Å². The highest BCUT2D eigenvalue weighted by Crippen LogP contribution is 2.27. The zero-order valence-electron chi connectivity index (χ0n) is 9.82. The SMILES string of the molecule is O=C(O)CSc1nc2cc(I)c(F)cc2n1CC(F)F. The normalized spacial score (nSPS) is 11.4. The van der Waals surface area contributed by atoms with Gasteiger partial charge in [-0.05, 0) is 28.7 Å². The van der Waals surface area contributed by atoms with Crippen molar-refractivity contribution >= 4 is 51.4 Å². The largest absolute Gasteiger partial charge is 0.481 e. The molecule has 2 rings (SSSR count). The molecule has 20 heavy (non-hydrogen) atoms. The number of nitrogens with zero attached hydrogens (tertiary/aromatic N) is 2. The average molecular weight is 416 g/mol. The van der Waals surface area contributed by atoms with E-state index in [9.17, 15) is 18.0 Å². The Morgan fingerprint density at radius 3 is 2.80 bits per heavy atom. The highest BCUT2D eigenvalue weighted by molar-refractivity contribution is 14.1. The molecule has 0 bridgehead atoms. The summed E-state index contributed by atoms with van der Waals surface area (Å²) in [4.78, 5) is 14.7. The molecule has 0 unspecified atom stereocenters. The summed E-state index contributed by atoms with van der Waals surface area (Å²) >= 11 is 2.61. The summed E-state index contributed by atoms with van der Waals surface area (Å²) < 4.78 is 40.3. The summed E-state index contributed by atoms with van der Waals surface area (Å²) in [6.45, 7) is -0.654. The van der Waals surface area contributed by atoms with Crippen LogP contribution in [0.4, 0.5) is 13.2 Å². The van der Waals surface area contributed by atoms with Crippen molar-refractivity contribution in [1.29, 1.82) is 0 Å². The molecule has 0 radical (unpaired) electrons. The monoisotopic (exact) mass is 416 g/mol. The van der Waals surface area contributed by atoms with Gasteiger partial charge in [-0.2, -0.15) is 0 Å². The first-order valence-corrected chi connectivity index (χ1v) is 7.43. The second-order valence-electron chi connectivity index (χ2n) is 3.83. The molecule has 0 amide bonds. The number of hydrogen-bond donors (Lipinski definition) is 1. The van der Waals surface area contributed by atoms with E-state index in [-0.39, 0.29) is 16.4 Å². The van der Waals surface area contributed by atoms with E-state index in [2.05, 4.69) is 4.98 Å². The molecule has 0 aliphatic rings. The standard InChI is InChI=1S/C11H8F3IN2O2S/c12-5-1-8-7(2-6(5)15)16-11(20-4-10(18)19)17(8)3-9(13)14/h1-2,9H,3-4H2,(H,18,19). The Hall–Kier alpha value is -0.970. The number of carbonyl (C=O) groups is 1. The van der Waals surface area contributed by atoms with Crippen LogP contribution in [-0.2, 0) is 11.3 Å². The Bertz CT molecular complexity index is 663. The fourth-order valence-electron chi connectivity index (χ4n) is 1.65. The number of carboxylic acids is 1. The molecule has 9 heteroatoms. The maximum absolute atomic E-state index is 13.6. The third-order valence-electron chi connectivity index (χ3n) is 2.40. The minimum absolute atomic E-state index is 0.143. The van der Waals surface area contributed by atoms with Crippen molar-refractivity contribution in [3.63, 3.8) is 0 Å². The Labute approximate surface area is 129 Å². The number of fused-ring (bicyclic) bond motifs is 1. The van der Waals surface area contributed by atoms with Gasteiger partial charge in [0.2, 0.25) is 0 Å². The molecule has 0 atom stereocenters. The quantitative estimate of drug-likeness (QED) is 0.601. The molecule has 0 fully saturated rings. The van der Waals surface area contributed by atoms with Crippen molar-refractivity contribution in [2.24, 2.45) is 0 Å². The fraction of sp³-hybridized carbons (Fsp3) is 0.273. The summed E-state index contributed by atoms with van der Waals surface area (Å²) in [5.74, 6) is -1.90. The molecule has 2 aromatic rings. The van der Waals surface area contributed by atoms with Crippen LogP contribution in [0.1, 0.15) is 0 Å². The van der Waals surface area contributed by atoms with Crippen molar-refractivity contribution in [2.75, 3.05) is 5.75 Å². The van der Waals surface area contributed by atoms with E-state index < -0.39 is 24.8 Å². The zero-order chi connectivity index (χ0) is 14.9. The number of imidazole rings is 1. The molecule has 4 nitrogen and oxygen atoms in total. The first-order valence-electron chi connectivity index (χ1n) is 5.36. The lowest BCUT2D eigenvalue weighted by Crippen LogP contribution is -2.09. The number of hydrogen-bond acceptors (Lipinski definition) is 3. The summed E-state index contributed by atoms with van der Waals surface area (Å²) in [7, 11) is 0. The molecular weight excluding hydrogens is 408 g/mol. The van der Waals surface area contributed by atoms with Crippen LogP contribution in [0.5, 0.6) is 0 Å².